The van der Waals surface area contributed by atoms with E-state index in [0.717, 1.165) is 11.8 Å². The van der Waals surface area contributed by atoms with Gasteiger partial charge in [-0.15, -0.1) is 0 Å². The van der Waals surface area contributed by atoms with E-state index in [2.05, 4.69) is 38.8 Å². The SMILES string of the molecule is CCC(CBr)COc1c(Br)cccc1[N+](=O)[O-]. The van der Waals surface area contributed by atoms with Gasteiger partial charge in [-0.2, -0.15) is 0 Å². The third-order valence-electron chi connectivity index (χ3n) is 2.40. The van der Waals surface area contributed by atoms with Crippen molar-refractivity contribution < 1.29 is 9.66 Å². The summed E-state index contributed by atoms with van der Waals surface area (Å²) in [6.45, 7) is 2.52. The Morgan fingerprint density at radius 1 is 1.53 bits per heavy atom. The highest BCUT2D eigenvalue weighted by molar-refractivity contribution is 9.10. The van der Waals surface area contributed by atoms with Gasteiger partial charge in [0.05, 0.1) is 16.0 Å². The summed E-state index contributed by atoms with van der Waals surface area (Å²) in [7, 11) is 0. The second kappa shape index (κ2) is 6.96. The van der Waals surface area contributed by atoms with Crippen molar-refractivity contribution in [2.75, 3.05) is 11.9 Å². The van der Waals surface area contributed by atoms with Crippen LogP contribution < -0.4 is 4.74 Å². The first-order valence-corrected chi connectivity index (χ1v) is 7.13. The minimum Gasteiger partial charge on any atom is -0.486 e. The molecule has 0 heterocycles. The van der Waals surface area contributed by atoms with Crippen molar-refractivity contribution in [3.63, 3.8) is 0 Å². The minimum atomic E-state index is -0.435. The van der Waals surface area contributed by atoms with Gasteiger partial charge in [-0.3, -0.25) is 10.1 Å². The second-order valence-electron chi connectivity index (χ2n) is 3.58. The van der Waals surface area contributed by atoms with E-state index in [0.29, 0.717) is 22.7 Å². The van der Waals surface area contributed by atoms with Crippen LogP contribution >= 0.6 is 31.9 Å². The standard InChI is InChI=1S/C11H13Br2NO3/c1-2-8(6-12)7-17-11-9(13)4-3-5-10(11)14(15)16/h3-5,8H,2,6-7H2,1H3. The van der Waals surface area contributed by atoms with E-state index in [1.54, 1.807) is 12.1 Å². The van der Waals surface area contributed by atoms with Gasteiger partial charge < -0.3 is 4.74 Å². The van der Waals surface area contributed by atoms with Crippen molar-refractivity contribution in [3.05, 3.63) is 32.8 Å². The molecule has 0 bridgehead atoms. The molecule has 0 amide bonds. The van der Waals surface area contributed by atoms with E-state index in [1.807, 2.05) is 0 Å². The molecule has 4 nitrogen and oxygen atoms in total. The molecule has 6 heteroatoms. The summed E-state index contributed by atoms with van der Waals surface area (Å²) in [4.78, 5) is 10.4. The van der Waals surface area contributed by atoms with Gasteiger partial charge in [-0.05, 0) is 28.4 Å². The predicted molar refractivity (Wildman–Crippen MR) is 73.9 cm³/mol. The lowest BCUT2D eigenvalue weighted by molar-refractivity contribution is -0.386. The third-order valence-corrected chi connectivity index (χ3v) is 3.94. The lowest BCUT2D eigenvalue weighted by Crippen LogP contribution is -2.13. The molecule has 0 fully saturated rings. The smallest absolute Gasteiger partial charge is 0.312 e. The molecule has 0 saturated heterocycles. The Morgan fingerprint density at radius 3 is 2.76 bits per heavy atom. The molecule has 1 aromatic rings. The molecule has 0 radical (unpaired) electrons. The maximum Gasteiger partial charge on any atom is 0.312 e. The van der Waals surface area contributed by atoms with Crippen molar-refractivity contribution in [3.8, 4) is 5.75 Å². The van der Waals surface area contributed by atoms with E-state index in [-0.39, 0.29) is 5.69 Å². The number of nitrogens with zero attached hydrogens (tertiary/aromatic N) is 1. The number of rotatable bonds is 6. The van der Waals surface area contributed by atoms with Crippen molar-refractivity contribution in [2.24, 2.45) is 5.92 Å². The van der Waals surface area contributed by atoms with Crippen LogP contribution in [0.4, 0.5) is 5.69 Å². The molecule has 0 spiro atoms. The molecule has 0 N–H and O–H groups in total. The number of nitro groups is 1. The van der Waals surface area contributed by atoms with Crippen molar-refractivity contribution in [2.45, 2.75) is 13.3 Å². The lowest BCUT2D eigenvalue weighted by Gasteiger charge is -2.13. The molecule has 0 saturated carbocycles. The van der Waals surface area contributed by atoms with Crippen molar-refractivity contribution >= 4 is 37.5 Å². The minimum absolute atomic E-state index is 0.0104. The van der Waals surface area contributed by atoms with Crippen molar-refractivity contribution in [1.82, 2.24) is 0 Å². The fraction of sp³-hybridized carbons (Fsp3) is 0.455. The number of alkyl halides is 1. The zero-order chi connectivity index (χ0) is 12.8. The summed E-state index contributed by atoms with van der Waals surface area (Å²) in [5.74, 6) is 0.651. The molecule has 17 heavy (non-hydrogen) atoms. The van der Waals surface area contributed by atoms with Crippen LogP contribution in [-0.2, 0) is 0 Å². The topological polar surface area (TPSA) is 52.4 Å². The number of ether oxygens (including phenoxy) is 1. The zero-order valence-corrected chi connectivity index (χ0v) is 12.5. The molecular weight excluding hydrogens is 354 g/mol. The fourth-order valence-corrected chi connectivity index (χ4v) is 2.37. The largest absolute Gasteiger partial charge is 0.486 e. The average Bonchev–Trinajstić information content (AvgIpc) is 2.31. The van der Waals surface area contributed by atoms with Gasteiger partial charge in [0.2, 0.25) is 5.75 Å². The molecule has 0 aromatic heterocycles. The normalized spacial score (nSPS) is 12.2. The summed E-state index contributed by atoms with van der Waals surface area (Å²) < 4.78 is 6.16. The van der Waals surface area contributed by atoms with Gasteiger partial charge in [-0.1, -0.05) is 28.9 Å². The van der Waals surface area contributed by atoms with Crippen LogP contribution in [0.1, 0.15) is 13.3 Å². The van der Waals surface area contributed by atoms with Crippen LogP contribution in [0.3, 0.4) is 0 Å². The highest BCUT2D eigenvalue weighted by Crippen LogP contribution is 2.35. The highest BCUT2D eigenvalue weighted by atomic mass is 79.9. The molecular formula is C11H13Br2NO3. The van der Waals surface area contributed by atoms with E-state index in [9.17, 15) is 10.1 Å². The third kappa shape index (κ3) is 3.96. The highest BCUT2D eigenvalue weighted by Gasteiger charge is 2.18. The van der Waals surface area contributed by atoms with Crippen LogP contribution in [0.15, 0.2) is 22.7 Å². The van der Waals surface area contributed by atoms with Crippen molar-refractivity contribution in [1.29, 1.82) is 0 Å². The Bertz CT molecular complexity index is 394. The van der Waals surface area contributed by atoms with Crippen LogP contribution in [0, 0.1) is 16.0 Å². The van der Waals surface area contributed by atoms with E-state index in [1.165, 1.54) is 6.07 Å². The molecule has 1 aromatic carbocycles. The number of hydrogen-bond donors (Lipinski definition) is 0. The van der Waals surface area contributed by atoms with Gasteiger partial charge in [0.1, 0.15) is 0 Å². The Kier molecular flexibility index (Phi) is 5.91. The van der Waals surface area contributed by atoms with Gasteiger partial charge in [0.15, 0.2) is 0 Å². The Hall–Kier alpha value is -0.620. The summed E-state index contributed by atoms with van der Waals surface area (Å²) in [6, 6.07) is 4.80. The Balaban J connectivity index is 2.85. The quantitative estimate of drug-likeness (QED) is 0.431. The summed E-state index contributed by atoms with van der Waals surface area (Å²) in [6.07, 6.45) is 0.962. The first kappa shape index (κ1) is 14.4. The summed E-state index contributed by atoms with van der Waals surface area (Å²) in [5.41, 5.74) is -0.0104. The summed E-state index contributed by atoms with van der Waals surface area (Å²) in [5, 5.41) is 11.7. The van der Waals surface area contributed by atoms with Gasteiger partial charge >= 0.3 is 5.69 Å². The van der Waals surface area contributed by atoms with E-state index in [4.69, 9.17) is 4.74 Å². The number of nitro benzene ring substituents is 1. The first-order valence-electron chi connectivity index (χ1n) is 5.21. The van der Waals surface area contributed by atoms with Crippen LogP contribution in [-0.4, -0.2) is 16.9 Å². The maximum atomic E-state index is 10.9. The van der Waals surface area contributed by atoms with Gasteiger partial charge in [0.25, 0.3) is 0 Å². The predicted octanol–water partition coefficient (Wildman–Crippen LogP) is 4.16. The molecule has 0 aliphatic carbocycles. The molecule has 0 aliphatic rings. The zero-order valence-electron chi connectivity index (χ0n) is 9.36. The number of halogens is 2. The maximum absolute atomic E-state index is 10.9. The summed E-state index contributed by atoms with van der Waals surface area (Å²) >= 11 is 6.66. The molecule has 1 rings (SSSR count). The Labute approximate surface area is 117 Å². The van der Waals surface area contributed by atoms with Gasteiger partial charge in [-0.25, -0.2) is 0 Å². The number of benzene rings is 1. The molecule has 1 unspecified atom stereocenters. The second-order valence-corrected chi connectivity index (χ2v) is 5.09. The van der Waals surface area contributed by atoms with E-state index < -0.39 is 4.92 Å². The Morgan fingerprint density at radius 2 is 2.24 bits per heavy atom. The van der Waals surface area contributed by atoms with Crippen LogP contribution in [0.25, 0.3) is 0 Å². The van der Waals surface area contributed by atoms with Crippen LogP contribution in [0.5, 0.6) is 5.75 Å². The first-order chi connectivity index (χ1) is 8.10. The van der Waals surface area contributed by atoms with Crippen LogP contribution in [0.2, 0.25) is 0 Å². The monoisotopic (exact) mass is 365 g/mol. The fourth-order valence-electron chi connectivity index (χ4n) is 1.26. The average molecular weight is 367 g/mol. The molecule has 1 atom stereocenters. The lowest BCUT2D eigenvalue weighted by atomic mass is 10.1. The molecule has 94 valence electrons. The number of para-hydroxylation sites is 1. The van der Waals surface area contributed by atoms with Gasteiger partial charge in [0, 0.05) is 17.3 Å². The molecule has 0 aliphatic heterocycles. The number of hydrogen-bond acceptors (Lipinski definition) is 3. The van der Waals surface area contributed by atoms with E-state index >= 15 is 0 Å².